The summed E-state index contributed by atoms with van der Waals surface area (Å²) in [4.78, 5) is 30.0. The second kappa shape index (κ2) is 9.51. The molecule has 0 saturated heterocycles. The Morgan fingerprint density at radius 2 is 1.53 bits per heavy atom. The Kier molecular flexibility index (Phi) is 6.72. The Labute approximate surface area is 203 Å². The number of pyridine rings is 1. The van der Waals surface area contributed by atoms with Crippen molar-refractivity contribution in [2.75, 3.05) is 0 Å². The van der Waals surface area contributed by atoms with Crippen molar-refractivity contribution in [2.24, 2.45) is 0 Å². The molecular weight excluding hydrogens is 492 g/mol. The van der Waals surface area contributed by atoms with Crippen LogP contribution in [0.2, 0.25) is 20.1 Å². The van der Waals surface area contributed by atoms with Crippen molar-refractivity contribution in [2.45, 2.75) is 13.0 Å². The molecule has 0 aliphatic heterocycles. The minimum absolute atomic E-state index is 0.262. The average Bonchev–Trinajstić information content (AvgIpc) is 2.78. The van der Waals surface area contributed by atoms with E-state index in [2.05, 4.69) is 10.3 Å². The van der Waals surface area contributed by atoms with Crippen LogP contribution in [0.1, 0.15) is 27.0 Å². The molecule has 162 valence electrons. The van der Waals surface area contributed by atoms with Crippen molar-refractivity contribution in [3.8, 4) is 0 Å². The van der Waals surface area contributed by atoms with Gasteiger partial charge in [0.1, 0.15) is 5.65 Å². The molecule has 2 aromatic carbocycles. The Morgan fingerprint density at radius 1 is 0.875 bits per heavy atom. The van der Waals surface area contributed by atoms with E-state index in [9.17, 15) is 9.59 Å². The fraction of sp³-hybridized carbons (Fsp3) is 0.0870. The zero-order valence-corrected chi connectivity index (χ0v) is 19.4. The van der Waals surface area contributed by atoms with Gasteiger partial charge in [-0.25, -0.2) is 4.98 Å². The SMILES string of the molecule is O=C(NCc1ccc(Cl)c(Cl)c1)c1ccc2ncc(Cc3ccc(Cl)c(Cl)c3)c(=O)n2c1. The summed E-state index contributed by atoms with van der Waals surface area (Å²) in [6.45, 7) is 0.262. The summed E-state index contributed by atoms with van der Waals surface area (Å²) in [5.74, 6) is -0.334. The number of hydrogen-bond acceptors (Lipinski definition) is 3. The highest BCUT2D eigenvalue weighted by molar-refractivity contribution is 6.42. The van der Waals surface area contributed by atoms with Crippen molar-refractivity contribution in [3.63, 3.8) is 0 Å². The van der Waals surface area contributed by atoms with Gasteiger partial charge in [-0.1, -0.05) is 58.5 Å². The van der Waals surface area contributed by atoms with E-state index in [0.29, 0.717) is 43.3 Å². The van der Waals surface area contributed by atoms with Crippen molar-refractivity contribution in [1.82, 2.24) is 14.7 Å². The molecule has 4 rings (SSSR count). The van der Waals surface area contributed by atoms with Gasteiger partial charge in [0.05, 0.1) is 25.7 Å². The predicted octanol–water partition coefficient (Wildman–Crippen LogP) is 5.83. The van der Waals surface area contributed by atoms with E-state index in [1.165, 1.54) is 16.8 Å². The van der Waals surface area contributed by atoms with E-state index in [1.54, 1.807) is 48.5 Å². The quantitative estimate of drug-likeness (QED) is 0.370. The van der Waals surface area contributed by atoms with E-state index in [-0.39, 0.29) is 18.0 Å². The molecule has 0 fully saturated rings. The Balaban J connectivity index is 1.57. The Hall–Kier alpha value is -2.57. The minimum Gasteiger partial charge on any atom is -0.348 e. The highest BCUT2D eigenvalue weighted by Crippen LogP contribution is 2.24. The second-order valence-electron chi connectivity index (χ2n) is 7.09. The largest absolute Gasteiger partial charge is 0.348 e. The monoisotopic (exact) mass is 505 g/mol. The standard InChI is InChI=1S/C23H15Cl4N3O2/c24-17-4-1-13(8-19(17)26)7-16-11-28-21-6-3-15(12-30(21)23(16)32)22(31)29-10-14-2-5-18(25)20(27)9-14/h1-6,8-9,11-12H,7,10H2,(H,29,31). The van der Waals surface area contributed by atoms with Crippen LogP contribution in [0, 0.1) is 0 Å². The lowest BCUT2D eigenvalue weighted by molar-refractivity contribution is 0.0950. The highest BCUT2D eigenvalue weighted by atomic mass is 35.5. The first kappa shape index (κ1) is 22.6. The molecule has 0 saturated carbocycles. The lowest BCUT2D eigenvalue weighted by atomic mass is 10.1. The Bertz CT molecular complexity index is 1400. The summed E-state index contributed by atoms with van der Waals surface area (Å²) in [6, 6.07) is 13.6. The van der Waals surface area contributed by atoms with Crippen molar-refractivity contribution in [1.29, 1.82) is 0 Å². The molecule has 1 N–H and O–H groups in total. The van der Waals surface area contributed by atoms with Gasteiger partial charge in [-0.15, -0.1) is 0 Å². The number of carbonyl (C=O) groups excluding carboxylic acids is 1. The minimum atomic E-state index is -0.334. The number of carbonyl (C=O) groups is 1. The van der Waals surface area contributed by atoms with Gasteiger partial charge in [0.25, 0.3) is 11.5 Å². The van der Waals surface area contributed by atoms with Gasteiger partial charge in [-0.3, -0.25) is 14.0 Å². The molecule has 0 spiro atoms. The van der Waals surface area contributed by atoms with Crippen LogP contribution in [0.4, 0.5) is 0 Å². The number of fused-ring (bicyclic) bond motifs is 1. The van der Waals surface area contributed by atoms with E-state index < -0.39 is 0 Å². The van der Waals surface area contributed by atoms with Crippen LogP contribution in [0.5, 0.6) is 0 Å². The van der Waals surface area contributed by atoms with Gasteiger partial charge in [-0.05, 0) is 47.5 Å². The third-order valence-electron chi connectivity index (χ3n) is 4.85. The smallest absolute Gasteiger partial charge is 0.261 e. The van der Waals surface area contributed by atoms with E-state index in [4.69, 9.17) is 46.4 Å². The molecule has 2 aromatic heterocycles. The molecule has 9 heteroatoms. The lowest BCUT2D eigenvalue weighted by Crippen LogP contribution is -2.25. The number of amides is 1. The van der Waals surface area contributed by atoms with Crippen molar-refractivity contribution in [3.05, 3.63) is 114 Å². The van der Waals surface area contributed by atoms with Crippen LogP contribution in [-0.2, 0) is 13.0 Å². The molecule has 1 amide bonds. The maximum absolute atomic E-state index is 13.0. The third-order valence-corrected chi connectivity index (χ3v) is 6.33. The number of hydrogen-bond donors (Lipinski definition) is 1. The van der Waals surface area contributed by atoms with Gasteiger partial charge in [-0.2, -0.15) is 0 Å². The maximum atomic E-state index is 13.0. The van der Waals surface area contributed by atoms with Gasteiger partial charge in [0, 0.05) is 30.9 Å². The molecule has 0 atom stereocenters. The fourth-order valence-corrected chi connectivity index (χ4v) is 3.82. The number of benzene rings is 2. The maximum Gasteiger partial charge on any atom is 0.261 e. The summed E-state index contributed by atoms with van der Waals surface area (Å²) >= 11 is 24.0. The van der Waals surface area contributed by atoms with Gasteiger partial charge in [0.15, 0.2) is 0 Å². The number of rotatable bonds is 5. The first-order valence-electron chi connectivity index (χ1n) is 9.48. The first-order valence-corrected chi connectivity index (χ1v) is 11.0. The topological polar surface area (TPSA) is 63.5 Å². The summed E-state index contributed by atoms with van der Waals surface area (Å²) in [7, 11) is 0. The summed E-state index contributed by atoms with van der Waals surface area (Å²) in [5, 5.41) is 4.53. The zero-order chi connectivity index (χ0) is 22.8. The third kappa shape index (κ3) is 4.92. The molecule has 32 heavy (non-hydrogen) atoms. The predicted molar refractivity (Wildman–Crippen MR) is 128 cm³/mol. The number of nitrogens with zero attached hydrogens (tertiary/aromatic N) is 2. The van der Waals surface area contributed by atoms with Crippen LogP contribution in [0.25, 0.3) is 5.65 Å². The van der Waals surface area contributed by atoms with Crippen LogP contribution in [0.3, 0.4) is 0 Å². The van der Waals surface area contributed by atoms with Gasteiger partial charge < -0.3 is 5.32 Å². The summed E-state index contributed by atoms with van der Waals surface area (Å²) in [6.07, 6.45) is 3.34. The van der Waals surface area contributed by atoms with E-state index in [1.807, 2.05) is 0 Å². The molecule has 2 heterocycles. The number of nitrogens with one attached hydrogen (secondary N) is 1. The van der Waals surface area contributed by atoms with Crippen LogP contribution in [-0.4, -0.2) is 15.3 Å². The van der Waals surface area contributed by atoms with Gasteiger partial charge in [0.2, 0.25) is 0 Å². The van der Waals surface area contributed by atoms with Crippen LogP contribution < -0.4 is 10.9 Å². The molecule has 0 bridgehead atoms. The molecular formula is C23H15Cl4N3O2. The number of halogens is 4. The zero-order valence-electron chi connectivity index (χ0n) is 16.4. The molecule has 0 aliphatic rings. The summed E-state index contributed by atoms with van der Waals surface area (Å²) in [5.41, 5.74) is 2.60. The molecule has 0 unspecified atom stereocenters. The van der Waals surface area contributed by atoms with E-state index in [0.717, 1.165) is 11.1 Å². The second-order valence-corrected chi connectivity index (χ2v) is 8.72. The van der Waals surface area contributed by atoms with Crippen LogP contribution >= 0.6 is 46.4 Å². The van der Waals surface area contributed by atoms with Crippen molar-refractivity contribution >= 4 is 58.0 Å². The first-order chi connectivity index (χ1) is 15.3. The fourth-order valence-electron chi connectivity index (χ4n) is 3.17. The lowest BCUT2D eigenvalue weighted by Gasteiger charge is -2.09. The average molecular weight is 507 g/mol. The molecule has 5 nitrogen and oxygen atoms in total. The normalized spacial score (nSPS) is 11.0. The molecule has 0 aliphatic carbocycles. The van der Waals surface area contributed by atoms with Crippen molar-refractivity contribution < 1.29 is 4.79 Å². The summed E-state index contributed by atoms with van der Waals surface area (Å²) < 4.78 is 1.36. The van der Waals surface area contributed by atoms with E-state index >= 15 is 0 Å². The van der Waals surface area contributed by atoms with Crippen LogP contribution in [0.15, 0.2) is 65.7 Å². The molecule has 0 radical (unpaired) electrons. The van der Waals surface area contributed by atoms with Gasteiger partial charge >= 0.3 is 0 Å². The molecule has 4 aromatic rings. The Morgan fingerprint density at radius 3 is 2.22 bits per heavy atom. The highest BCUT2D eigenvalue weighted by Gasteiger charge is 2.11. The number of aromatic nitrogens is 2.